The van der Waals surface area contributed by atoms with Crippen molar-refractivity contribution in [2.45, 2.75) is 17.0 Å². The van der Waals surface area contributed by atoms with Gasteiger partial charge in [0.05, 0.1) is 22.5 Å². The molecule has 1 amide bonds. The Labute approximate surface area is 185 Å². The number of nitro groups is 2. The number of hydrogen-bond donors (Lipinski definition) is 3. The summed E-state index contributed by atoms with van der Waals surface area (Å²) in [7, 11) is 0. The maximum atomic E-state index is 11.3. The van der Waals surface area contributed by atoms with E-state index >= 15 is 0 Å². The van der Waals surface area contributed by atoms with E-state index in [0.29, 0.717) is 17.4 Å². The fourth-order valence-corrected chi connectivity index (χ4v) is 2.30. The first-order valence-electron chi connectivity index (χ1n) is 8.42. The highest BCUT2D eigenvalue weighted by Gasteiger charge is 2.24. The Balaban J connectivity index is 0.000000367. The Morgan fingerprint density at radius 2 is 1.45 bits per heavy atom. The second-order valence-corrected chi connectivity index (χ2v) is 6.95. The van der Waals surface area contributed by atoms with Crippen molar-refractivity contribution in [1.82, 2.24) is 5.32 Å². The summed E-state index contributed by atoms with van der Waals surface area (Å²) in [5.74, 6) is -0.756. The molecule has 166 valence electrons. The van der Waals surface area contributed by atoms with E-state index in [1.165, 1.54) is 48.5 Å². The molecule has 0 fully saturated rings. The maximum Gasteiger partial charge on any atom is 0.269 e. The van der Waals surface area contributed by atoms with Gasteiger partial charge in [0.2, 0.25) is 0 Å². The van der Waals surface area contributed by atoms with Crippen LogP contribution in [0.3, 0.4) is 0 Å². The second-order valence-electron chi connectivity index (χ2n) is 5.86. The summed E-state index contributed by atoms with van der Waals surface area (Å²) in [6.45, 7) is -0.551. The summed E-state index contributed by atoms with van der Waals surface area (Å²) in [6, 6.07) is 9.46. The number of carbonyl (C=O) groups excluding carboxylic acids is 2. The van der Waals surface area contributed by atoms with E-state index in [1.54, 1.807) is 0 Å². The zero-order valence-corrected chi connectivity index (χ0v) is 17.1. The molecule has 0 aromatic heterocycles. The lowest BCUT2D eigenvalue weighted by atomic mass is 10.0. The van der Waals surface area contributed by atoms with Crippen LogP contribution < -0.4 is 5.32 Å². The van der Waals surface area contributed by atoms with Gasteiger partial charge in [0.15, 0.2) is 4.84 Å². The number of aliphatic hydroxyl groups is 2. The Bertz CT molecular complexity index is 907. The van der Waals surface area contributed by atoms with Crippen LogP contribution >= 0.6 is 23.2 Å². The molecular formula is C18H17Cl2N3O8. The Morgan fingerprint density at radius 1 is 1.00 bits per heavy atom. The number of nitrogens with one attached hydrogen (secondary N) is 1. The molecule has 2 aromatic rings. The molecule has 31 heavy (non-hydrogen) atoms. The van der Waals surface area contributed by atoms with Crippen LogP contribution in [0, 0.1) is 20.2 Å². The molecule has 2 rings (SSSR count). The monoisotopic (exact) mass is 473 g/mol. The molecular weight excluding hydrogens is 457 g/mol. The third-order valence-electron chi connectivity index (χ3n) is 3.79. The van der Waals surface area contributed by atoms with E-state index in [2.05, 4.69) is 5.32 Å². The number of rotatable bonds is 8. The third-order valence-corrected chi connectivity index (χ3v) is 4.19. The van der Waals surface area contributed by atoms with Crippen molar-refractivity contribution in [3.8, 4) is 0 Å². The van der Waals surface area contributed by atoms with Crippen LogP contribution in [-0.4, -0.2) is 49.7 Å². The topological polar surface area (TPSA) is 173 Å². The SMILES string of the molecule is O=C(NC(CO)C(O)c1ccc([N+](=O)[O-])cc1)C(Cl)Cl.O=Cc1ccc([N+](=O)[O-])cc1. The first-order chi connectivity index (χ1) is 14.6. The van der Waals surface area contributed by atoms with Gasteiger partial charge in [0.1, 0.15) is 12.4 Å². The van der Waals surface area contributed by atoms with Crippen molar-refractivity contribution >= 4 is 46.8 Å². The molecule has 0 saturated carbocycles. The summed E-state index contributed by atoms with van der Waals surface area (Å²) >= 11 is 10.7. The van der Waals surface area contributed by atoms with Gasteiger partial charge >= 0.3 is 0 Å². The Kier molecular flexibility index (Phi) is 10.5. The van der Waals surface area contributed by atoms with Gasteiger partial charge in [-0.15, -0.1) is 0 Å². The molecule has 0 saturated heterocycles. The van der Waals surface area contributed by atoms with E-state index in [-0.39, 0.29) is 11.4 Å². The fraction of sp³-hybridized carbons (Fsp3) is 0.222. The fourth-order valence-electron chi connectivity index (χ4n) is 2.17. The second kappa shape index (κ2) is 12.5. The summed E-state index contributed by atoms with van der Waals surface area (Å²) in [5.41, 5.74) is 0.606. The molecule has 3 N–H and O–H groups in total. The number of alkyl halides is 2. The number of non-ortho nitro benzene ring substituents is 2. The van der Waals surface area contributed by atoms with Crippen molar-refractivity contribution in [3.63, 3.8) is 0 Å². The van der Waals surface area contributed by atoms with E-state index in [1.807, 2.05) is 0 Å². The van der Waals surface area contributed by atoms with Gasteiger partial charge in [0, 0.05) is 29.8 Å². The van der Waals surface area contributed by atoms with Crippen LogP contribution in [0.4, 0.5) is 11.4 Å². The molecule has 11 nitrogen and oxygen atoms in total. The summed E-state index contributed by atoms with van der Waals surface area (Å²) in [5, 5.41) is 42.1. The lowest BCUT2D eigenvalue weighted by Crippen LogP contribution is -2.44. The summed E-state index contributed by atoms with van der Waals surface area (Å²) in [4.78, 5) is 39.6. The summed E-state index contributed by atoms with van der Waals surface area (Å²) < 4.78 is 0. The van der Waals surface area contributed by atoms with E-state index in [9.17, 15) is 34.9 Å². The number of amides is 1. The van der Waals surface area contributed by atoms with E-state index in [4.69, 9.17) is 28.3 Å². The number of nitro benzene ring substituents is 2. The molecule has 13 heteroatoms. The first kappa shape index (κ1) is 25.9. The van der Waals surface area contributed by atoms with E-state index < -0.39 is 39.3 Å². The maximum absolute atomic E-state index is 11.3. The highest BCUT2D eigenvalue weighted by atomic mass is 35.5. The quantitative estimate of drug-likeness (QED) is 0.226. The van der Waals surface area contributed by atoms with Gasteiger partial charge in [-0.25, -0.2) is 0 Å². The minimum absolute atomic E-state index is 0.00407. The standard InChI is InChI=1S/C11H12Cl2N2O5.C7H5NO3/c12-10(13)11(18)14-8(5-16)9(17)6-1-3-7(4-2-6)15(19)20;9-5-6-1-3-7(4-2-6)8(10)11/h1-4,8-10,16-17H,5H2,(H,14,18);1-5H. The van der Waals surface area contributed by atoms with Gasteiger partial charge in [-0.1, -0.05) is 23.2 Å². The number of carbonyl (C=O) groups is 2. The normalized spacial score (nSPS) is 12.2. The van der Waals surface area contributed by atoms with Crippen molar-refractivity contribution in [2.75, 3.05) is 6.61 Å². The van der Waals surface area contributed by atoms with Crippen LogP contribution in [0.15, 0.2) is 48.5 Å². The summed E-state index contributed by atoms with van der Waals surface area (Å²) in [6.07, 6.45) is -0.610. The van der Waals surface area contributed by atoms with Crippen LogP contribution in [-0.2, 0) is 4.79 Å². The average molecular weight is 474 g/mol. The third kappa shape index (κ3) is 8.26. The van der Waals surface area contributed by atoms with Crippen LogP contribution in [0.2, 0.25) is 0 Å². The van der Waals surface area contributed by atoms with Crippen molar-refractivity contribution in [3.05, 3.63) is 79.9 Å². The molecule has 0 aliphatic rings. The predicted octanol–water partition coefficient (Wildman–Crippen LogP) is 2.32. The molecule has 0 aliphatic carbocycles. The lowest BCUT2D eigenvalue weighted by molar-refractivity contribution is -0.385. The van der Waals surface area contributed by atoms with Gasteiger partial charge < -0.3 is 15.5 Å². The molecule has 0 spiro atoms. The largest absolute Gasteiger partial charge is 0.394 e. The highest BCUT2D eigenvalue weighted by Crippen LogP contribution is 2.20. The van der Waals surface area contributed by atoms with Crippen LogP contribution in [0.5, 0.6) is 0 Å². The van der Waals surface area contributed by atoms with Crippen molar-refractivity contribution in [2.24, 2.45) is 0 Å². The number of nitrogens with zero attached hydrogens (tertiary/aromatic N) is 2. The van der Waals surface area contributed by atoms with Gasteiger partial charge in [-0.2, -0.15) is 0 Å². The minimum Gasteiger partial charge on any atom is -0.394 e. The highest BCUT2D eigenvalue weighted by molar-refractivity contribution is 6.53. The Hall–Kier alpha value is -3.12. The number of halogens is 2. The van der Waals surface area contributed by atoms with E-state index in [0.717, 1.165) is 0 Å². The smallest absolute Gasteiger partial charge is 0.269 e. The minimum atomic E-state index is -1.33. The number of aldehydes is 1. The Morgan fingerprint density at radius 3 is 1.81 bits per heavy atom. The van der Waals surface area contributed by atoms with Crippen molar-refractivity contribution < 1.29 is 29.6 Å². The molecule has 2 aromatic carbocycles. The molecule has 0 aliphatic heterocycles. The van der Waals surface area contributed by atoms with Crippen LogP contribution in [0.25, 0.3) is 0 Å². The van der Waals surface area contributed by atoms with Crippen LogP contribution in [0.1, 0.15) is 22.0 Å². The first-order valence-corrected chi connectivity index (χ1v) is 9.29. The average Bonchev–Trinajstić information content (AvgIpc) is 2.77. The molecule has 0 bridgehead atoms. The molecule has 0 heterocycles. The van der Waals surface area contributed by atoms with Crippen molar-refractivity contribution in [1.29, 1.82) is 0 Å². The van der Waals surface area contributed by atoms with Gasteiger partial charge in [0.25, 0.3) is 17.3 Å². The number of hydrogen-bond acceptors (Lipinski definition) is 8. The zero-order valence-electron chi connectivity index (χ0n) is 15.6. The lowest BCUT2D eigenvalue weighted by Gasteiger charge is -2.22. The molecule has 0 radical (unpaired) electrons. The zero-order chi connectivity index (χ0) is 23.6. The molecule has 2 unspecified atom stereocenters. The molecule has 2 atom stereocenters. The number of aliphatic hydroxyl groups excluding tert-OH is 2. The van der Waals surface area contributed by atoms with Gasteiger partial charge in [-0.05, 0) is 29.8 Å². The number of benzene rings is 2. The van der Waals surface area contributed by atoms with Gasteiger partial charge in [-0.3, -0.25) is 29.8 Å². The predicted molar refractivity (Wildman–Crippen MR) is 111 cm³/mol.